The van der Waals surface area contributed by atoms with Gasteiger partial charge in [0, 0.05) is 17.4 Å². The van der Waals surface area contributed by atoms with Crippen molar-refractivity contribution in [3.63, 3.8) is 0 Å². The first-order chi connectivity index (χ1) is 10.1. The van der Waals surface area contributed by atoms with Gasteiger partial charge in [0.25, 0.3) is 0 Å². The third-order valence-corrected chi connectivity index (χ3v) is 3.50. The lowest BCUT2D eigenvalue weighted by atomic mass is 9.98. The molecule has 1 atom stereocenters. The average Bonchev–Trinajstić information content (AvgIpc) is 2.44. The molecule has 0 saturated carbocycles. The number of aryl methyl sites for hydroxylation is 2. The van der Waals surface area contributed by atoms with Crippen molar-refractivity contribution < 1.29 is 4.39 Å². The number of benzene rings is 1. The molecule has 0 aliphatic carbocycles. The molecule has 0 spiro atoms. The molecule has 0 aliphatic rings. The first-order valence-electron chi connectivity index (χ1n) is 7.51. The number of hydrogen-bond donors (Lipinski definition) is 1. The van der Waals surface area contributed by atoms with E-state index in [1.54, 1.807) is 0 Å². The van der Waals surface area contributed by atoms with Crippen LogP contribution in [0.3, 0.4) is 0 Å². The topological polar surface area (TPSA) is 24.9 Å². The molecule has 1 heterocycles. The van der Waals surface area contributed by atoms with Gasteiger partial charge in [-0.2, -0.15) is 0 Å². The van der Waals surface area contributed by atoms with E-state index in [9.17, 15) is 4.39 Å². The summed E-state index contributed by atoms with van der Waals surface area (Å²) < 4.78 is 13.0. The highest BCUT2D eigenvalue weighted by atomic mass is 19.1. The minimum atomic E-state index is -0.188. The summed E-state index contributed by atoms with van der Waals surface area (Å²) in [5.74, 6) is -0.188. The van der Waals surface area contributed by atoms with E-state index in [-0.39, 0.29) is 11.9 Å². The second kappa shape index (κ2) is 7.32. The van der Waals surface area contributed by atoms with Crippen molar-refractivity contribution in [3.8, 4) is 0 Å². The van der Waals surface area contributed by atoms with Crippen LogP contribution in [0, 0.1) is 19.7 Å². The van der Waals surface area contributed by atoms with Crippen LogP contribution in [0.5, 0.6) is 0 Å². The van der Waals surface area contributed by atoms with E-state index in [2.05, 4.69) is 29.4 Å². The summed E-state index contributed by atoms with van der Waals surface area (Å²) in [7, 11) is 0. The van der Waals surface area contributed by atoms with Gasteiger partial charge < -0.3 is 5.32 Å². The maximum Gasteiger partial charge on any atom is 0.123 e. The molecule has 1 unspecified atom stereocenters. The molecule has 1 aromatic carbocycles. The van der Waals surface area contributed by atoms with Crippen molar-refractivity contribution in [1.82, 2.24) is 10.3 Å². The number of nitrogens with zero attached hydrogens (tertiary/aromatic N) is 1. The van der Waals surface area contributed by atoms with Gasteiger partial charge in [0.2, 0.25) is 0 Å². The molecule has 0 aliphatic heterocycles. The third kappa shape index (κ3) is 4.64. The molecule has 0 fully saturated rings. The lowest BCUT2D eigenvalue weighted by Crippen LogP contribution is -2.24. The lowest BCUT2D eigenvalue weighted by molar-refractivity contribution is 0.527. The van der Waals surface area contributed by atoms with Crippen molar-refractivity contribution in [3.05, 3.63) is 64.7 Å². The van der Waals surface area contributed by atoms with Gasteiger partial charge in [-0.1, -0.05) is 19.1 Å². The quantitative estimate of drug-likeness (QED) is 0.864. The molecule has 21 heavy (non-hydrogen) atoms. The smallest absolute Gasteiger partial charge is 0.123 e. The molecular weight excluding hydrogens is 263 g/mol. The van der Waals surface area contributed by atoms with E-state index < -0.39 is 0 Å². The Morgan fingerprint density at radius 3 is 2.29 bits per heavy atom. The standard InChI is InChI=1S/C18H23FN2/c1-4-9-20-18(12-15-5-7-17(19)8-6-15)16-10-13(2)21-14(3)11-16/h5-8,10-11,18,20H,4,9,12H2,1-3H3. The second-order valence-corrected chi connectivity index (χ2v) is 5.52. The fourth-order valence-electron chi connectivity index (χ4n) is 2.55. The number of hydrogen-bond acceptors (Lipinski definition) is 2. The van der Waals surface area contributed by atoms with Gasteiger partial charge in [-0.05, 0) is 68.6 Å². The summed E-state index contributed by atoms with van der Waals surface area (Å²) in [4.78, 5) is 4.44. The summed E-state index contributed by atoms with van der Waals surface area (Å²) in [6.45, 7) is 7.16. The molecule has 3 heteroatoms. The van der Waals surface area contributed by atoms with Crippen molar-refractivity contribution in [2.24, 2.45) is 0 Å². The van der Waals surface area contributed by atoms with E-state index in [0.29, 0.717) is 0 Å². The normalized spacial score (nSPS) is 12.4. The third-order valence-electron chi connectivity index (χ3n) is 3.50. The van der Waals surface area contributed by atoms with Gasteiger partial charge in [0.1, 0.15) is 5.82 Å². The number of halogens is 1. The van der Waals surface area contributed by atoms with Crippen LogP contribution in [0.15, 0.2) is 36.4 Å². The fourth-order valence-corrected chi connectivity index (χ4v) is 2.55. The number of nitrogens with one attached hydrogen (secondary N) is 1. The Bertz CT molecular complexity index is 558. The summed E-state index contributed by atoms with van der Waals surface area (Å²) in [6, 6.07) is 11.3. The summed E-state index contributed by atoms with van der Waals surface area (Å²) in [6.07, 6.45) is 1.94. The maximum absolute atomic E-state index is 13.0. The Morgan fingerprint density at radius 1 is 1.10 bits per heavy atom. The van der Waals surface area contributed by atoms with Crippen LogP contribution >= 0.6 is 0 Å². The summed E-state index contributed by atoms with van der Waals surface area (Å²) in [5.41, 5.74) is 4.45. The molecule has 2 nitrogen and oxygen atoms in total. The SMILES string of the molecule is CCCNC(Cc1ccc(F)cc1)c1cc(C)nc(C)c1. The van der Waals surface area contributed by atoms with Gasteiger partial charge in [0.05, 0.1) is 0 Å². The van der Waals surface area contributed by atoms with Crippen molar-refractivity contribution in [2.75, 3.05) is 6.54 Å². The Balaban J connectivity index is 2.22. The van der Waals surface area contributed by atoms with Crippen molar-refractivity contribution in [1.29, 1.82) is 0 Å². The second-order valence-electron chi connectivity index (χ2n) is 5.52. The molecule has 0 radical (unpaired) electrons. The van der Waals surface area contributed by atoms with Crippen LogP contribution in [0.2, 0.25) is 0 Å². The van der Waals surface area contributed by atoms with Crippen molar-refractivity contribution in [2.45, 2.75) is 39.7 Å². The van der Waals surface area contributed by atoms with Crippen molar-refractivity contribution >= 4 is 0 Å². The highest BCUT2D eigenvalue weighted by Crippen LogP contribution is 2.20. The predicted octanol–water partition coefficient (Wildman–Crippen LogP) is 4.12. The first-order valence-corrected chi connectivity index (χ1v) is 7.51. The zero-order valence-corrected chi connectivity index (χ0v) is 13.0. The van der Waals surface area contributed by atoms with Crippen LogP contribution in [0.25, 0.3) is 0 Å². The maximum atomic E-state index is 13.0. The van der Waals surface area contributed by atoms with Gasteiger partial charge in [-0.3, -0.25) is 4.98 Å². The number of aromatic nitrogens is 1. The predicted molar refractivity (Wildman–Crippen MR) is 84.8 cm³/mol. The van der Waals surface area contributed by atoms with Gasteiger partial charge in [-0.15, -0.1) is 0 Å². The summed E-state index contributed by atoms with van der Waals surface area (Å²) in [5, 5.41) is 3.58. The molecule has 0 amide bonds. The van der Waals surface area contributed by atoms with Gasteiger partial charge in [0.15, 0.2) is 0 Å². The highest BCUT2D eigenvalue weighted by Gasteiger charge is 2.13. The van der Waals surface area contributed by atoms with Gasteiger partial charge >= 0.3 is 0 Å². The average molecular weight is 286 g/mol. The molecule has 1 N–H and O–H groups in total. The molecule has 112 valence electrons. The van der Waals surface area contributed by atoms with Gasteiger partial charge in [-0.25, -0.2) is 4.39 Å². The Morgan fingerprint density at radius 2 is 1.71 bits per heavy atom. The summed E-state index contributed by atoms with van der Waals surface area (Å²) >= 11 is 0. The van der Waals surface area contributed by atoms with Crippen LogP contribution in [0.1, 0.15) is 41.9 Å². The van der Waals surface area contributed by atoms with E-state index in [0.717, 1.165) is 36.3 Å². The molecule has 2 aromatic rings. The number of rotatable bonds is 6. The molecule has 0 saturated heterocycles. The fraction of sp³-hybridized carbons (Fsp3) is 0.389. The van der Waals surface area contributed by atoms with E-state index >= 15 is 0 Å². The largest absolute Gasteiger partial charge is 0.310 e. The number of pyridine rings is 1. The molecule has 0 bridgehead atoms. The van der Waals surface area contributed by atoms with E-state index in [4.69, 9.17) is 0 Å². The monoisotopic (exact) mass is 286 g/mol. The Labute approximate surface area is 126 Å². The van der Waals surface area contributed by atoms with Crippen LogP contribution in [-0.2, 0) is 6.42 Å². The minimum absolute atomic E-state index is 0.188. The van der Waals surface area contributed by atoms with Crippen LogP contribution in [0.4, 0.5) is 4.39 Å². The van der Waals surface area contributed by atoms with Crippen LogP contribution in [-0.4, -0.2) is 11.5 Å². The first kappa shape index (κ1) is 15.6. The molecule has 1 aromatic heterocycles. The minimum Gasteiger partial charge on any atom is -0.310 e. The Hall–Kier alpha value is -1.74. The zero-order valence-electron chi connectivity index (χ0n) is 13.0. The van der Waals surface area contributed by atoms with E-state index in [1.165, 1.54) is 17.7 Å². The zero-order chi connectivity index (χ0) is 15.2. The highest BCUT2D eigenvalue weighted by molar-refractivity contribution is 5.27. The van der Waals surface area contributed by atoms with E-state index in [1.807, 2.05) is 26.0 Å². The molecule has 2 rings (SSSR count). The Kier molecular flexibility index (Phi) is 5.45. The molecular formula is C18H23FN2. The van der Waals surface area contributed by atoms with Crippen LogP contribution < -0.4 is 5.32 Å². The lowest BCUT2D eigenvalue weighted by Gasteiger charge is -2.20.